The number of nitrogens with one attached hydrogen (secondary N) is 2. The molecule has 3 aromatic rings. The van der Waals surface area contributed by atoms with Gasteiger partial charge in [0.05, 0.1) is 6.04 Å². The number of phenolic OH excluding ortho intramolecular Hbond substituents is 1. The minimum atomic E-state index is -0.124. The molecule has 0 fully saturated rings. The van der Waals surface area contributed by atoms with Gasteiger partial charge in [-0.2, -0.15) is 0 Å². The second-order valence-electron chi connectivity index (χ2n) is 7.28. The van der Waals surface area contributed by atoms with Crippen LogP contribution in [0.4, 0.5) is 0 Å². The van der Waals surface area contributed by atoms with Crippen molar-refractivity contribution in [3.63, 3.8) is 0 Å². The van der Waals surface area contributed by atoms with Crippen LogP contribution in [0.2, 0.25) is 0 Å². The zero-order valence-electron chi connectivity index (χ0n) is 15.9. The first kappa shape index (κ1) is 18.8. The number of halogens is 1. The van der Waals surface area contributed by atoms with E-state index in [1.807, 2.05) is 12.1 Å². The summed E-state index contributed by atoms with van der Waals surface area (Å²) in [5.41, 5.74) is 6.64. The molecule has 0 spiro atoms. The molecule has 3 nitrogen and oxygen atoms in total. The predicted octanol–water partition coefficient (Wildman–Crippen LogP) is 5.75. The van der Waals surface area contributed by atoms with E-state index in [2.05, 4.69) is 95.0 Å². The molecular weight excluding hydrogens is 412 g/mol. The molecule has 0 saturated heterocycles. The van der Waals surface area contributed by atoms with Gasteiger partial charge in [0.15, 0.2) is 0 Å². The fraction of sp³-hybridized carbons (Fsp3) is 0.167. The van der Waals surface area contributed by atoms with Gasteiger partial charge in [-0.05, 0) is 49.2 Å². The Bertz CT molecular complexity index is 1010. The molecule has 0 aromatic heterocycles. The van der Waals surface area contributed by atoms with E-state index >= 15 is 0 Å². The summed E-state index contributed by atoms with van der Waals surface area (Å²) in [5, 5.41) is 17.7. The Hall–Kier alpha value is -2.56. The molecule has 0 radical (unpaired) electrons. The molecule has 4 heteroatoms. The van der Waals surface area contributed by atoms with Crippen molar-refractivity contribution in [2.24, 2.45) is 0 Å². The van der Waals surface area contributed by atoms with Crippen LogP contribution in [0.1, 0.15) is 40.0 Å². The third kappa shape index (κ3) is 3.98. The van der Waals surface area contributed by atoms with Crippen molar-refractivity contribution in [1.29, 1.82) is 0 Å². The zero-order valence-corrected chi connectivity index (χ0v) is 17.5. The van der Waals surface area contributed by atoms with Crippen LogP contribution >= 0.6 is 15.9 Å². The predicted molar refractivity (Wildman–Crippen MR) is 118 cm³/mol. The molecule has 2 atom stereocenters. The standard InChI is InChI=1S/C24H23BrN2O/c1-15-3-7-17(8-4-15)21-14-22(20-13-19(25)11-12-23(20)28)27-24(26-21)18-9-5-16(2)6-10-18/h3-14,22,24,26-28H,1-2H3. The van der Waals surface area contributed by atoms with Gasteiger partial charge in [0.1, 0.15) is 11.9 Å². The van der Waals surface area contributed by atoms with Crippen molar-refractivity contribution in [2.45, 2.75) is 26.1 Å². The zero-order chi connectivity index (χ0) is 19.7. The first-order chi connectivity index (χ1) is 13.5. The Labute approximate surface area is 174 Å². The molecule has 2 unspecified atom stereocenters. The summed E-state index contributed by atoms with van der Waals surface area (Å²) < 4.78 is 0.942. The first-order valence-electron chi connectivity index (χ1n) is 9.36. The average Bonchev–Trinajstić information content (AvgIpc) is 2.70. The normalized spacial score (nSPS) is 19.0. The van der Waals surface area contributed by atoms with Gasteiger partial charge in [0.25, 0.3) is 0 Å². The number of aromatic hydroxyl groups is 1. The molecular formula is C24H23BrN2O. The molecule has 1 heterocycles. The summed E-state index contributed by atoms with van der Waals surface area (Å²) in [5.74, 6) is 0.282. The average molecular weight is 435 g/mol. The van der Waals surface area contributed by atoms with Crippen LogP contribution < -0.4 is 10.6 Å². The summed E-state index contributed by atoms with van der Waals surface area (Å²) in [6, 6.07) is 22.4. The van der Waals surface area contributed by atoms with Gasteiger partial charge < -0.3 is 10.4 Å². The van der Waals surface area contributed by atoms with Gasteiger partial charge in [0.2, 0.25) is 0 Å². The van der Waals surface area contributed by atoms with Crippen LogP contribution in [0, 0.1) is 13.8 Å². The molecule has 0 aliphatic carbocycles. The fourth-order valence-electron chi connectivity index (χ4n) is 3.44. The van der Waals surface area contributed by atoms with E-state index in [1.54, 1.807) is 6.07 Å². The minimum absolute atomic E-state index is 0.0646. The summed E-state index contributed by atoms with van der Waals surface area (Å²) in [6.45, 7) is 4.18. The maximum Gasteiger partial charge on any atom is 0.120 e. The summed E-state index contributed by atoms with van der Waals surface area (Å²) in [7, 11) is 0. The molecule has 0 amide bonds. The highest BCUT2D eigenvalue weighted by atomic mass is 79.9. The Morgan fingerprint density at radius 2 is 1.50 bits per heavy atom. The van der Waals surface area contributed by atoms with Crippen molar-refractivity contribution < 1.29 is 5.11 Å². The van der Waals surface area contributed by atoms with Crippen LogP contribution in [0.25, 0.3) is 5.70 Å². The lowest BCUT2D eigenvalue weighted by Gasteiger charge is -2.33. The molecule has 0 bridgehead atoms. The second kappa shape index (κ2) is 7.82. The monoisotopic (exact) mass is 434 g/mol. The van der Waals surface area contributed by atoms with Gasteiger partial charge in [-0.3, -0.25) is 5.32 Å². The van der Waals surface area contributed by atoms with E-state index in [1.165, 1.54) is 11.1 Å². The fourth-order valence-corrected chi connectivity index (χ4v) is 3.82. The molecule has 142 valence electrons. The van der Waals surface area contributed by atoms with Crippen molar-refractivity contribution in [3.05, 3.63) is 105 Å². The van der Waals surface area contributed by atoms with Crippen LogP contribution in [-0.2, 0) is 0 Å². The van der Waals surface area contributed by atoms with Crippen molar-refractivity contribution in [1.82, 2.24) is 10.6 Å². The SMILES string of the molecule is Cc1ccc(C2=CC(c3cc(Br)ccc3O)NC(c3ccc(C)cc3)N2)cc1. The number of aryl methyl sites for hydroxylation is 2. The number of hydrogen-bond donors (Lipinski definition) is 3. The summed E-state index contributed by atoms with van der Waals surface area (Å²) in [6.07, 6.45) is 2.07. The summed E-state index contributed by atoms with van der Waals surface area (Å²) in [4.78, 5) is 0. The van der Waals surface area contributed by atoms with Crippen molar-refractivity contribution in [3.8, 4) is 5.75 Å². The lowest BCUT2D eigenvalue weighted by Crippen LogP contribution is -2.39. The Balaban J connectivity index is 1.76. The van der Waals surface area contributed by atoms with Gasteiger partial charge in [-0.15, -0.1) is 0 Å². The van der Waals surface area contributed by atoms with E-state index in [0.717, 1.165) is 26.9 Å². The van der Waals surface area contributed by atoms with Crippen LogP contribution in [0.3, 0.4) is 0 Å². The topological polar surface area (TPSA) is 44.3 Å². The molecule has 3 aromatic carbocycles. The lowest BCUT2D eigenvalue weighted by molar-refractivity contribution is 0.419. The van der Waals surface area contributed by atoms with Gasteiger partial charge in [0, 0.05) is 15.7 Å². The molecule has 0 saturated carbocycles. The third-order valence-electron chi connectivity index (χ3n) is 5.08. The largest absolute Gasteiger partial charge is 0.508 e. The molecule has 28 heavy (non-hydrogen) atoms. The number of benzene rings is 3. The molecule has 4 rings (SSSR count). The van der Waals surface area contributed by atoms with Gasteiger partial charge in [-0.1, -0.05) is 75.6 Å². The smallest absolute Gasteiger partial charge is 0.120 e. The van der Waals surface area contributed by atoms with Crippen LogP contribution in [-0.4, -0.2) is 5.11 Å². The van der Waals surface area contributed by atoms with Crippen LogP contribution in [0.15, 0.2) is 77.3 Å². The minimum Gasteiger partial charge on any atom is -0.508 e. The molecule has 1 aliphatic heterocycles. The van der Waals surface area contributed by atoms with Crippen molar-refractivity contribution >= 4 is 21.6 Å². The number of phenols is 1. The van der Waals surface area contributed by atoms with Crippen LogP contribution in [0.5, 0.6) is 5.75 Å². The highest BCUT2D eigenvalue weighted by Gasteiger charge is 2.25. The van der Waals surface area contributed by atoms with E-state index in [4.69, 9.17) is 0 Å². The highest BCUT2D eigenvalue weighted by Crippen LogP contribution is 2.34. The third-order valence-corrected chi connectivity index (χ3v) is 5.57. The van der Waals surface area contributed by atoms with E-state index in [9.17, 15) is 5.11 Å². The second-order valence-corrected chi connectivity index (χ2v) is 8.20. The summed E-state index contributed by atoms with van der Waals surface area (Å²) >= 11 is 3.52. The number of rotatable bonds is 3. The van der Waals surface area contributed by atoms with E-state index in [0.29, 0.717) is 0 Å². The highest BCUT2D eigenvalue weighted by molar-refractivity contribution is 9.10. The molecule has 1 aliphatic rings. The molecule has 3 N–H and O–H groups in total. The Kier molecular flexibility index (Phi) is 5.25. The maximum absolute atomic E-state index is 10.5. The van der Waals surface area contributed by atoms with Gasteiger partial charge >= 0.3 is 0 Å². The Morgan fingerprint density at radius 1 is 0.857 bits per heavy atom. The quantitative estimate of drug-likeness (QED) is 0.491. The van der Waals surface area contributed by atoms with E-state index in [-0.39, 0.29) is 18.0 Å². The van der Waals surface area contributed by atoms with Gasteiger partial charge in [-0.25, -0.2) is 0 Å². The lowest BCUT2D eigenvalue weighted by atomic mass is 9.97. The van der Waals surface area contributed by atoms with Crippen molar-refractivity contribution in [2.75, 3.05) is 0 Å². The number of hydrogen-bond acceptors (Lipinski definition) is 3. The van der Waals surface area contributed by atoms with E-state index < -0.39 is 0 Å². The Morgan fingerprint density at radius 3 is 2.18 bits per heavy atom. The maximum atomic E-state index is 10.5. The first-order valence-corrected chi connectivity index (χ1v) is 10.2.